The summed E-state index contributed by atoms with van der Waals surface area (Å²) in [4.78, 5) is 3.66. The lowest BCUT2D eigenvalue weighted by molar-refractivity contribution is -0.141. The average molecular weight is 179 g/mol. The van der Waals surface area contributed by atoms with Gasteiger partial charge in [0.05, 0.1) is 6.54 Å². The number of rotatable bonds is 2. The van der Waals surface area contributed by atoms with Gasteiger partial charge in [-0.2, -0.15) is 13.2 Å². The predicted octanol–water partition coefficient (Wildman–Crippen LogP) is 0.904. The number of nitrogens with zero attached hydrogens (tertiary/aromatic N) is 2. The van der Waals surface area contributed by atoms with Crippen molar-refractivity contribution < 1.29 is 13.2 Å². The maximum absolute atomic E-state index is 11.8. The Morgan fingerprint density at radius 1 is 1.50 bits per heavy atom. The summed E-state index contributed by atoms with van der Waals surface area (Å²) in [6.07, 6.45) is -1.66. The molecule has 1 aromatic rings. The van der Waals surface area contributed by atoms with Crippen molar-refractivity contribution in [2.45, 2.75) is 19.3 Å². The molecule has 0 unspecified atom stereocenters. The molecule has 0 aliphatic heterocycles. The van der Waals surface area contributed by atoms with Gasteiger partial charge in [-0.1, -0.05) is 0 Å². The molecule has 2 N–H and O–H groups in total. The van der Waals surface area contributed by atoms with E-state index in [1.54, 1.807) is 0 Å². The van der Waals surface area contributed by atoms with Crippen molar-refractivity contribution in [1.82, 2.24) is 9.55 Å². The Morgan fingerprint density at radius 3 is 2.67 bits per heavy atom. The van der Waals surface area contributed by atoms with Crippen LogP contribution in [-0.2, 0) is 13.1 Å². The summed E-state index contributed by atoms with van der Waals surface area (Å²) >= 11 is 0. The number of hydrogen-bond donors (Lipinski definition) is 1. The second-order valence-electron chi connectivity index (χ2n) is 2.29. The van der Waals surface area contributed by atoms with Crippen molar-refractivity contribution in [3.05, 3.63) is 18.2 Å². The monoisotopic (exact) mass is 179 g/mol. The molecule has 3 nitrogen and oxygen atoms in total. The number of aromatic nitrogens is 2. The third-order valence-corrected chi connectivity index (χ3v) is 1.33. The van der Waals surface area contributed by atoms with Gasteiger partial charge in [0.25, 0.3) is 0 Å². The van der Waals surface area contributed by atoms with Crippen LogP contribution in [0.3, 0.4) is 0 Å². The minimum Gasteiger partial charge on any atom is -0.325 e. The Bertz CT molecular complexity index is 253. The van der Waals surface area contributed by atoms with Crippen LogP contribution in [-0.4, -0.2) is 15.7 Å². The molecule has 68 valence electrons. The standard InChI is InChI=1S/C6H8F3N3/c7-6(8,9)4-12-2-1-11-5(12)3-10/h1-2H,3-4,10H2. The first-order chi connectivity index (χ1) is 5.53. The summed E-state index contributed by atoms with van der Waals surface area (Å²) in [7, 11) is 0. The molecule has 0 aromatic carbocycles. The molecular weight excluding hydrogens is 171 g/mol. The Hall–Kier alpha value is -1.04. The van der Waals surface area contributed by atoms with E-state index in [-0.39, 0.29) is 12.4 Å². The highest BCUT2D eigenvalue weighted by molar-refractivity contribution is 4.91. The first-order valence-corrected chi connectivity index (χ1v) is 3.30. The molecule has 0 bridgehead atoms. The lowest BCUT2D eigenvalue weighted by atomic mass is 10.5. The Morgan fingerprint density at radius 2 is 2.17 bits per heavy atom. The average Bonchev–Trinajstić information content (AvgIpc) is 2.31. The maximum Gasteiger partial charge on any atom is 0.406 e. The van der Waals surface area contributed by atoms with E-state index in [4.69, 9.17) is 5.73 Å². The lowest BCUT2D eigenvalue weighted by Gasteiger charge is -2.08. The van der Waals surface area contributed by atoms with E-state index in [2.05, 4.69) is 4.98 Å². The summed E-state index contributed by atoms with van der Waals surface area (Å²) < 4.78 is 36.5. The van der Waals surface area contributed by atoms with Crippen LogP contribution in [0.5, 0.6) is 0 Å². The molecule has 1 rings (SSSR count). The van der Waals surface area contributed by atoms with Crippen molar-refractivity contribution in [3.8, 4) is 0 Å². The fourth-order valence-electron chi connectivity index (χ4n) is 0.867. The van der Waals surface area contributed by atoms with E-state index in [0.717, 1.165) is 4.57 Å². The predicted molar refractivity (Wildman–Crippen MR) is 36.2 cm³/mol. The van der Waals surface area contributed by atoms with Crippen LogP contribution >= 0.6 is 0 Å². The van der Waals surface area contributed by atoms with Gasteiger partial charge in [0.1, 0.15) is 12.4 Å². The van der Waals surface area contributed by atoms with Gasteiger partial charge >= 0.3 is 6.18 Å². The number of hydrogen-bond acceptors (Lipinski definition) is 2. The van der Waals surface area contributed by atoms with E-state index in [1.165, 1.54) is 12.4 Å². The highest BCUT2D eigenvalue weighted by atomic mass is 19.4. The SMILES string of the molecule is NCc1nccn1CC(F)(F)F. The van der Waals surface area contributed by atoms with Gasteiger partial charge in [-0.15, -0.1) is 0 Å². The minimum atomic E-state index is -4.22. The molecule has 1 heterocycles. The molecule has 1 aromatic heterocycles. The maximum atomic E-state index is 11.8. The summed E-state index contributed by atoms with van der Waals surface area (Å²) in [5.74, 6) is 0.243. The quantitative estimate of drug-likeness (QED) is 0.733. The van der Waals surface area contributed by atoms with Gasteiger partial charge in [0, 0.05) is 12.4 Å². The van der Waals surface area contributed by atoms with Crippen molar-refractivity contribution in [2.75, 3.05) is 0 Å². The van der Waals surface area contributed by atoms with E-state index >= 15 is 0 Å². The Labute approximate surface area is 67.0 Å². The molecule has 0 fully saturated rings. The van der Waals surface area contributed by atoms with Gasteiger partial charge in [-0.3, -0.25) is 0 Å². The highest BCUT2D eigenvalue weighted by Gasteiger charge is 2.28. The van der Waals surface area contributed by atoms with E-state index in [0.29, 0.717) is 0 Å². The van der Waals surface area contributed by atoms with Crippen molar-refractivity contribution in [2.24, 2.45) is 5.73 Å². The first-order valence-electron chi connectivity index (χ1n) is 3.30. The molecule has 6 heteroatoms. The minimum absolute atomic E-state index is 0.0169. The van der Waals surface area contributed by atoms with Crippen LogP contribution in [0, 0.1) is 0 Å². The second-order valence-corrected chi connectivity index (χ2v) is 2.29. The first kappa shape index (κ1) is 9.05. The molecule has 0 amide bonds. The van der Waals surface area contributed by atoms with Crippen molar-refractivity contribution in [3.63, 3.8) is 0 Å². The molecular formula is C6H8F3N3. The van der Waals surface area contributed by atoms with Crippen LogP contribution in [0.4, 0.5) is 13.2 Å². The van der Waals surface area contributed by atoms with Crippen LogP contribution in [0.2, 0.25) is 0 Å². The van der Waals surface area contributed by atoms with Gasteiger partial charge in [0.15, 0.2) is 0 Å². The zero-order valence-electron chi connectivity index (χ0n) is 6.17. The van der Waals surface area contributed by atoms with Gasteiger partial charge in [0.2, 0.25) is 0 Å². The second kappa shape index (κ2) is 3.14. The van der Waals surface area contributed by atoms with E-state index < -0.39 is 12.7 Å². The van der Waals surface area contributed by atoms with Gasteiger partial charge in [-0.05, 0) is 0 Å². The summed E-state index contributed by atoms with van der Waals surface area (Å²) in [6, 6.07) is 0. The normalized spacial score (nSPS) is 12.0. The molecule has 0 atom stereocenters. The summed E-state index contributed by atoms with van der Waals surface area (Å²) in [5, 5.41) is 0. The molecule has 0 aliphatic carbocycles. The molecule has 0 radical (unpaired) electrons. The molecule has 12 heavy (non-hydrogen) atoms. The van der Waals surface area contributed by atoms with Crippen LogP contribution in [0.25, 0.3) is 0 Å². The van der Waals surface area contributed by atoms with Crippen LogP contribution in [0.1, 0.15) is 5.82 Å². The zero-order chi connectivity index (χ0) is 9.19. The van der Waals surface area contributed by atoms with Crippen LogP contribution < -0.4 is 5.73 Å². The Balaban J connectivity index is 2.75. The fourth-order valence-corrected chi connectivity index (χ4v) is 0.867. The van der Waals surface area contributed by atoms with Gasteiger partial charge in [-0.25, -0.2) is 4.98 Å². The lowest BCUT2D eigenvalue weighted by Crippen LogP contribution is -2.20. The highest BCUT2D eigenvalue weighted by Crippen LogP contribution is 2.17. The number of nitrogens with two attached hydrogens (primary N) is 1. The summed E-state index contributed by atoms with van der Waals surface area (Å²) in [5.41, 5.74) is 5.16. The molecule has 0 spiro atoms. The topological polar surface area (TPSA) is 43.8 Å². The van der Waals surface area contributed by atoms with Crippen molar-refractivity contribution in [1.29, 1.82) is 0 Å². The van der Waals surface area contributed by atoms with Gasteiger partial charge < -0.3 is 10.3 Å². The number of halogens is 3. The fraction of sp³-hybridized carbons (Fsp3) is 0.500. The number of imidazole rings is 1. The smallest absolute Gasteiger partial charge is 0.325 e. The number of alkyl halides is 3. The largest absolute Gasteiger partial charge is 0.406 e. The van der Waals surface area contributed by atoms with Crippen molar-refractivity contribution >= 4 is 0 Å². The third-order valence-electron chi connectivity index (χ3n) is 1.33. The van der Waals surface area contributed by atoms with E-state index in [9.17, 15) is 13.2 Å². The summed E-state index contributed by atoms with van der Waals surface area (Å²) in [6.45, 7) is -1.01. The molecule has 0 saturated heterocycles. The molecule has 0 aliphatic rings. The zero-order valence-corrected chi connectivity index (χ0v) is 6.17. The molecule has 0 saturated carbocycles. The Kier molecular flexibility index (Phi) is 2.37. The van der Waals surface area contributed by atoms with Crippen LogP contribution in [0.15, 0.2) is 12.4 Å². The third kappa shape index (κ3) is 2.23. The van der Waals surface area contributed by atoms with E-state index in [1.807, 2.05) is 0 Å².